The Hall–Kier alpha value is -2.30. The summed E-state index contributed by atoms with van der Waals surface area (Å²) in [5.74, 6) is -0.0686. The Labute approximate surface area is 175 Å². The van der Waals surface area contributed by atoms with Gasteiger partial charge in [-0.3, -0.25) is 10.2 Å². The molecule has 1 aromatic carbocycles. The molecule has 7 nitrogen and oxygen atoms in total. The number of ether oxygens (including phenoxy) is 1. The number of carbonyl (C=O) groups is 1. The Kier molecular flexibility index (Phi) is 5.90. The maximum absolute atomic E-state index is 13.1. The predicted octanol–water partition coefficient (Wildman–Crippen LogP) is 3.03. The van der Waals surface area contributed by atoms with Crippen LogP contribution in [-0.4, -0.2) is 34.5 Å². The van der Waals surface area contributed by atoms with E-state index in [0.29, 0.717) is 12.0 Å². The van der Waals surface area contributed by atoms with Gasteiger partial charge in [0.2, 0.25) is 5.88 Å². The Morgan fingerprint density at radius 1 is 1.30 bits per heavy atom. The van der Waals surface area contributed by atoms with Crippen molar-refractivity contribution in [3.63, 3.8) is 0 Å². The largest absolute Gasteiger partial charge is 0.467 e. The molecule has 11 heteroatoms. The van der Waals surface area contributed by atoms with E-state index in [1.54, 1.807) is 12.1 Å². The van der Waals surface area contributed by atoms with Crippen molar-refractivity contribution in [1.82, 2.24) is 25.9 Å². The van der Waals surface area contributed by atoms with Gasteiger partial charge in [-0.2, -0.15) is 23.0 Å². The lowest BCUT2D eigenvalue weighted by Crippen LogP contribution is -2.46. The van der Waals surface area contributed by atoms with Crippen molar-refractivity contribution >= 4 is 17.5 Å². The van der Waals surface area contributed by atoms with Gasteiger partial charge in [0.15, 0.2) is 12.3 Å². The van der Waals surface area contributed by atoms with E-state index in [0.717, 1.165) is 17.2 Å². The quantitative estimate of drug-likeness (QED) is 0.639. The van der Waals surface area contributed by atoms with Gasteiger partial charge in [-0.25, -0.2) is 5.43 Å². The van der Waals surface area contributed by atoms with E-state index in [2.05, 4.69) is 21.3 Å². The Balaban J connectivity index is 1.41. The summed E-state index contributed by atoms with van der Waals surface area (Å²) in [5, 5.41) is 6.54. The van der Waals surface area contributed by atoms with Crippen LogP contribution in [0.3, 0.4) is 0 Å². The summed E-state index contributed by atoms with van der Waals surface area (Å²) in [5.41, 5.74) is 5.30. The molecule has 1 saturated carbocycles. The van der Waals surface area contributed by atoms with E-state index in [1.165, 1.54) is 31.4 Å². The maximum atomic E-state index is 13.1. The fraction of sp³-hybridized carbons (Fsp3) is 0.474. The first-order chi connectivity index (χ1) is 14.3. The van der Waals surface area contributed by atoms with Crippen molar-refractivity contribution in [2.24, 2.45) is 5.92 Å². The lowest BCUT2D eigenvalue weighted by molar-refractivity contribution is -0.141. The molecule has 1 saturated heterocycles. The highest BCUT2D eigenvalue weighted by molar-refractivity contribution is 6.32. The van der Waals surface area contributed by atoms with Crippen LogP contribution in [0.1, 0.15) is 31.4 Å². The second-order valence-corrected chi connectivity index (χ2v) is 7.87. The van der Waals surface area contributed by atoms with Crippen molar-refractivity contribution in [3.8, 4) is 11.6 Å². The van der Waals surface area contributed by atoms with Gasteiger partial charge < -0.3 is 10.1 Å². The lowest BCUT2D eigenvalue weighted by atomic mass is 9.79. The van der Waals surface area contributed by atoms with Crippen LogP contribution in [0.25, 0.3) is 5.69 Å². The molecule has 2 heterocycles. The van der Waals surface area contributed by atoms with E-state index >= 15 is 0 Å². The van der Waals surface area contributed by atoms with Crippen molar-refractivity contribution in [2.75, 3.05) is 6.61 Å². The number of nitrogens with zero attached hydrogens (tertiary/aromatic N) is 2. The molecule has 162 valence electrons. The number of hydrazine groups is 1. The molecule has 1 amide bonds. The molecule has 0 radical (unpaired) electrons. The highest BCUT2D eigenvalue weighted by Gasteiger charge is 2.36. The highest BCUT2D eigenvalue weighted by Crippen LogP contribution is 2.34. The Morgan fingerprint density at radius 2 is 2.07 bits per heavy atom. The molecular formula is C19H21ClF3N5O2. The predicted molar refractivity (Wildman–Crippen MR) is 103 cm³/mol. The van der Waals surface area contributed by atoms with E-state index in [4.69, 9.17) is 16.3 Å². The molecular weight excluding hydrogens is 423 g/mol. The van der Waals surface area contributed by atoms with Crippen LogP contribution in [-0.2, 0) is 11.0 Å². The minimum absolute atomic E-state index is 0.201. The molecule has 4 rings (SSSR count). The van der Waals surface area contributed by atoms with Crippen LogP contribution in [0, 0.1) is 5.92 Å². The van der Waals surface area contributed by atoms with Crippen molar-refractivity contribution < 1.29 is 22.7 Å². The first-order valence-electron chi connectivity index (χ1n) is 9.66. The van der Waals surface area contributed by atoms with Crippen LogP contribution >= 0.6 is 11.6 Å². The second-order valence-electron chi connectivity index (χ2n) is 7.46. The Bertz CT molecular complexity index is 916. The molecule has 0 bridgehead atoms. The van der Waals surface area contributed by atoms with Gasteiger partial charge in [-0.05, 0) is 37.3 Å². The number of hydrogen-bond donors (Lipinski definition) is 3. The maximum Gasteiger partial charge on any atom is 0.435 e. The number of aromatic nitrogens is 2. The monoisotopic (exact) mass is 443 g/mol. The van der Waals surface area contributed by atoms with E-state index in [9.17, 15) is 18.0 Å². The number of carbonyl (C=O) groups excluding carboxylic acids is 1. The molecule has 1 aromatic heterocycles. The Morgan fingerprint density at radius 3 is 2.73 bits per heavy atom. The summed E-state index contributed by atoms with van der Waals surface area (Å²) in [6.45, 7) is -0.459. The van der Waals surface area contributed by atoms with E-state index < -0.39 is 24.4 Å². The summed E-state index contributed by atoms with van der Waals surface area (Å²) in [4.78, 5) is 12.3. The molecule has 2 fully saturated rings. The van der Waals surface area contributed by atoms with Crippen LogP contribution in [0.2, 0.25) is 5.02 Å². The SMILES string of the molecule is O=C(COc1cc(C(F)(F)F)nn1-c1ccccc1Cl)NC1CC(C2CCC2)NN1. The van der Waals surface area contributed by atoms with Gasteiger partial charge in [-0.1, -0.05) is 30.2 Å². The number of hydrogen-bond acceptors (Lipinski definition) is 5. The van der Waals surface area contributed by atoms with Crippen LogP contribution < -0.4 is 20.9 Å². The van der Waals surface area contributed by atoms with Gasteiger partial charge in [0.05, 0.1) is 16.9 Å². The zero-order valence-electron chi connectivity index (χ0n) is 15.9. The summed E-state index contributed by atoms with van der Waals surface area (Å²) in [6, 6.07) is 7.35. The molecule has 1 aliphatic heterocycles. The average molecular weight is 444 g/mol. The van der Waals surface area contributed by atoms with Gasteiger partial charge in [-0.15, -0.1) is 0 Å². The third-order valence-corrected chi connectivity index (χ3v) is 5.71. The minimum atomic E-state index is -4.66. The number of benzene rings is 1. The molecule has 2 aliphatic rings. The smallest absolute Gasteiger partial charge is 0.435 e. The molecule has 1 aliphatic carbocycles. The number of halogens is 4. The number of nitrogens with one attached hydrogen (secondary N) is 3. The van der Waals surface area contributed by atoms with E-state index in [1.807, 2.05) is 0 Å². The summed E-state index contributed by atoms with van der Waals surface area (Å²) >= 11 is 6.09. The summed E-state index contributed by atoms with van der Waals surface area (Å²) < 4.78 is 45.8. The first-order valence-corrected chi connectivity index (χ1v) is 10.0. The normalized spacial score (nSPS) is 22.0. The molecule has 2 unspecified atom stereocenters. The fourth-order valence-corrected chi connectivity index (χ4v) is 3.82. The zero-order chi connectivity index (χ0) is 21.3. The van der Waals surface area contributed by atoms with Crippen molar-refractivity contribution in [1.29, 1.82) is 0 Å². The zero-order valence-corrected chi connectivity index (χ0v) is 16.6. The summed E-state index contributed by atoms with van der Waals surface area (Å²) in [7, 11) is 0. The molecule has 2 atom stereocenters. The third kappa shape index (κ3) is 4.55. The molecule has 0 spiro atoms. The van der Waals surface area contributed by atoms with Gasteiger partial charge in [0.25, 0.3) is 5.91 Å². The average Bonchev–Trinajstić information content (AvgIpc) is 3.26. The van der Waals surface area contributed by atoms with E-state index in [-0.39, 0.29) is 22.8 Å². The van der Waals surface area contributed by atoms with Crippen LogP contribution in [0.15, 0.2) is 30.3 Å². The number of amides is 1. The van der Waals surface area contributed by atoms with Crippen LogP contribution in [0.4, 0.5) is 13.2 Å². The van der Waals surface area contributed by atoms with Gasteiger partial charge in [0, 0.05) is 12.1 Å². The van der Waals surface area contributed by atoms with Gasteiger partial charge >= 0.3 is 6.18 Å². The molecule has 3 N–H and O–H groups in total. The standard InChI is InChI=1S/C19H21ClF3N5O2/c20-12-6-1-2-7-14(12)28-18(9-15(27-28)19(21,22)23)30-10-17(29)24-16-8-13(25-26-16)11-4-3-5-11/h1-2,6-7,9,11,13,16,25-26H,3-5,8,10H2,(H,24,29). The fourth-order valence-electron chi connectivity index (χ4n) is 3.60. The highest BCUT2D eigenvalue weighted by atomic mass is 35.5. The number of rotatable bonds is 6. The molecule has 30 heavy (non-hydrogen) atoms. The summed E-state index contributed by atoms with van der Waals surface area (Å²) in [6.07, 6.45) is -0.597. The minimum Gasteiger partial charge on any atom is -0.467 e. The van der Waals surface area contributed by atoms with Crippen molar-refractivity contribution in [2.45, 2.75) is 44.1 Å². The lowest BCUT2D eigenvalue weighted by Gasteiger charge is -2.30. The van der Waals surface area contributed by atoms with Gasteiger partial charge in [0.1, 0.15) is 0 Å². The first kappa shape index (κ1) is 21.0. The number of alkyl halides is 3. The third-order valence-electron chi connectivity index (χ3n) is 5.39. The van der Waals surface area contributed by atoms with Crippen molar-refractivity contribution in [3.05, 3.63) is 41.0 Å². The van der Waals surface area contributed by atoms with Crippen LogP contribution in [0.5, 0.6) is 5.88 Å². The topological polar surface area (TPSA) is 80.2 Å². The second kappa shape index (κ2) is 8.44. The molecule has 2 aromatic rings. The number of para-hydroxylation sites is 1.